The van der Waals surface area contributed by atoms with Gasteiger partial charge in [-0.05, 0) is 0 Å². The second-order valence-electron chi connectivity index (χ2n) is 3.05. The van der Waals surface area contributed by atoms with Crippen LogP contribution in [0.1, 0.15) is 6.92 Å². The van der Waals surface area contributed by atoms with Gasteiger partial charge in [0.05, 0.1) is 13.2 Å². The highest BCUT2D eigenvalue weighted by Crippen LogP contribution is 2.42. The Morgan fingerprint density at radius 2 is 2.11 bits per heavy atom. The highest BCUT2D eigenvalue weighted by atomic mass is 31.2. The van der Waals surface area contributed by atoms with Crippen LogP contribution in [-0.2, 0) is 32.7 Å². The molecule has 106 valence electrons. The van der Waals surface area contributed by atoms with Crippen LogP contribution in [0, 0.1) is 0 Å². The summed E-state index contributed by atoms with van der Waals surface area (Å²) in [6.07, 6.45) is -0.991. The lowest BCUT2D eigenvalue weighted by atomic mass is 10.4. The summed E-state index contributed by atoms with van der Waals surface area (Å²) in [5, 5.41) is 0. The fourth-order valence-corrected chi connectivity index (χ4v) is 1.65. The van der Waals surface area contributed by atoms with Crippen LogP contribution in [-0.4, -0.2) is 49.8 Å². The maximum Gasteiger partial charge on any atom is 0.472 e. The molecule has 3 N–H and O–H groups in total. The standard InChI is InChI=1S/C8H16NO8P/c1-7(11)17-8(4-14-6-10)5-16-18(12,13)15-3-2-9/h6,8H,2-5,9H2,1H3,(H,12,13)/t8-/m1/s1. The van der Waals surface area contributed by atoms with Crippen molar-refractivity contribution in [1.29, 1.82) is 0 Å². The highest BCUT2D eigenvalue weighted by Gasteiger charge is 2.24. The monoisotopic (exact) mass is 285 g/mol. The Balaban J connectivity index is 4.18. The van der Waals surface area contributed by atoms with E-state index in [0.717, 1.165) is 6.92 Å². The van der Waals surface area contributed by atoms with E-state index in [-0.39, 0.29) is 26.2 Å². The quantitative estimate of drug-likeness (QED) is 0.300. The van der Waals surface area contributed by atoms with Crippen LogP contribution in [0.3, 0.4) is 0 Å². The smallest absolute Gasteiger partial charge is 0.464 e. The number of rotatable bonds is 10. The summed E-state index contributed by atoms with van der Waals surface area (Å²) >= 11 is 0. The number of carbonyl (C=O) groups is 2. The molecule has 0 saturated carbocycles. The first-order valence-electron chi connectivity index (χ1n) is 4.95. The van der Waals surface area contributed by atoms with Gasteiger partial charge in [0.15, 0.2) is 6.10 Å². The third-order valence-electron chi connectivity index (χ3n) is 1.48. The van der Waals surface area contributed by atoms with Crippen LogP contribution in [0.15, 0.2) is 0 Å². The lowest BCUT2D eigenvalue weighted by molar-refractivity contribution is -0.154. The van der Waals surface area contributed by atoms with Crippen LogP contribution < -0.4 is 5.73 Å². The molecular weight excluding hydrogens is 269 g/mol. The zero-order valence-electron chi connectivity index (χ0n) is 9.81. The van der Waals surface area contributed by atoms with Gasteiger partial charge in [0.2, 0.25) is 0 Å². The maximum absolute atomic E-state index is 11.2. The van der Waals surface area contributed by atoms with E-state index < -0.39 is 26.5 Å². The molecular formula is C8H16NO8P. The fourth-order valence-electron chi connectivity index (χ4n) is 0.880. The van der Waals surface area contributed by atoms with E-state index in [1.807, 2.05) is 0 Å². The van der Waals surface area contributed by atoms with Crippen LogP contribution >= 0.6 is 7.82 Å². The lowest BCUT2D eigenvalue weighted by Crippen LogP contribution is -2.27. The second-order valence-corrected chi connectivity index (χ2v) is 4.50. The van der Waals surface area contributed by atoms with Crippen molar-refractivity contribution in [2.24, 2.45) is 5.73 Å². The minimum atomic E-state index is -4.25. The molecule has 0 saturated heterocycles. The summed E-state index contributed by atoms with van der Waals surface area (Å²) in [5.41, 5.74) is 5.08. The third-order valence-corrected chi connectivity index (χ3v) is 2.46. The fraction of sp³-hybridized carbons (Fsp3) is 0.750. The zero-order chi connectivity index (χ0) is 14.0. The van der Waals surface area contributed by atoms with Gasteiger partial charge in [-0.25, -0.2) is 4.57 Å². The van der Waals surface area contributed by atoms with Crippen molar-refractivity contribution in [3.8, 4) is 0 Å². The number of hydrogen-bond donors (Lipinski definition) is 2. The molecule has 0 heterocycles. The minimum absolute atomic E-state index is 0.0511. The van der Waals surface area contributed by atoms with Gasteiger partial charge in [-0.15, -0.1) is 0 Å². The number of nitrogens with two attached hydrogens (primary N) is 1. The lowest BCUT2D eigenvalue weighted by Gasteiger charge is -2.17. The molecule has 0 radical (unpaired) electrons. The molecule has 10 heteroatoms. The van der Waals surface area contributed by atoms with E-state index in [4.69, 9.17) is 15.4 Å². The predicted molar refractivity (Wildman–Crippen MR) is 58.4 cm³/mol. The molecule has 0 amide bonds. The van der Waals surface area contributed by atoms with E-state index in [0.29, 0.717) is 0 Å². The number of esters is 1. The third kappa shape index (κ3) is 9.08. The summed E-state index contributed by atoms with van der Waals surface area (Å²) in [4.78, 5) is 29.9. The number of ether oxygens (including phenoxy) is 2. The van der Waals surface area contributed by atoms with E-state index >= 15 is 0 Å². The number of carbonyl (C=O) groups excluding carboxylic acids is 2. The van der Waals surface area contributed by atoms with Crippen molar-refractivity contribution in [1.82, 2.24) is 0 Å². The molecule has 0 bridgehead atoms. The molecule has 0 aromatic heterocycles. The van der Waals surface area contributed by atoms with Crippen molar-refractivity contribution in [2.75, 3.05) is 26.4 Å². The van der Waals surface area contributed by atoms with Gasteiger partial charge in [0.1, 0.15) is 6.61 Å². The van der Waals surface area contributed by atoms with Crippen LogP contribution in [0.5, 0.6) is 0 Å². The molecule has 0 aliphatic rings. The van der Waals surface area contributed by atoms with E-state index in [9.17, 15) is 14.2 Å². The topological polar surface area (TPSA) is 134 Å². The first kappa shape index (κ1) is 17.0. The predicted octanol–water partition coefficient (Wildman–Crippen LogP) is -0.817. The van der Waals surface area contributed by atoms with Crippen LogP contribution in [0.25, 0.3) is 0 Å². The van der Waals surface area contributed by atoms with Gasteiger partial charge >= 0.3 is 13.8 Å². The summed E-state index contributed by atoms with van der Waals surface area (Å²) in [6, 6.07) is 0. The molecule has 9 nitrogen and oxygen atoms in total. The Labute approximate surface area is 104 Å². The Morgan fingerprint density at radius 1 is 1.44 bits per heavy atom. The molecule has 0 aliphatic heterocycles. The summed E-state index contributed by atoms with van der Waals surface area (Å²) in [6.45, 7) is 0.440. The first-order chi connectivity index (χ1) is 8.41. The molecule has 0 aromatic rings. The number of hydrogen-bond acceptors (Lipinski definition) is 8. The zero-order valence-corrected chi connectivity index (χ0v) is 10.7. The molecule has 0 spiro atoms. The van der Waals surface area contributed by atoms with Crippen molar-refractivity contribution in [3.63, 3.8) is 0 Å². The largest absolute Gasteiger partial charge is 0.472 e. The van der Waals surface area contributed by atoms with Crippen molar-refractivity contribution < 1.29 is 37.6 Å². The van der Waals surface area contributed by atoms with E-state index in [1.54, 1.807) is 0 Å². The second kappa shape index (κ2) is 9.01. The SMILES string of the molecule is CC(=O)O[C@H](COC=O)COP(=O)(O)OCCN. The normalized spacial score (nSPS) is 15.5. The summed E-state index contributed by atoms with van der Waals surface area (Å²) < 4.78 is 29.3. The first-order valence-corrected chi connectivity index (χ1v) is 6.45. The van der Waals surface area contributed by atoms with Gasteiger partial charge in [-0.1, -0.05) is 0 Å². The van der Waals surface area contributed by atoms with Crippen LogP contribution in [0.2, 0.25) is 0 Å². The van der Waals surface area contributed by atoms with Gasteiger partial charge in [-0.3, -0.25) is 18.6 Å². The maximum atomic E-state index is 11.2. The molecule has 0 rings (SSSR count). The van der Waals surface area contributed by atoms with Gasteiger partial charge in [-0.2, -0.15) is 0 Å². The van der Waals surface area contributed by atoms with Crippen molar-refractivity contribution in [2.45, 2.75) is 13.0 Å². The van der Waals surface area contributed by atoms with Gasteiger partial charge < -0.3 is 20.1 Å². The Bertz CT molecular complexity index is 309. The van der Waals surface area contributed by atoms with Crippen molar-refractivity contribution in [3.05, 3.63) is 0 Å². The summed E-state index contributed by atoms with van der Waals surface area (Å²) in [5.74, 6) is -0.645. The molecule has 2 atom stereocenters. The van der Waals surface area contributed by atoms with Crippen LogP contribution in [0.4, 0.5) is 0 Å². The number of phosphoric acid groups is 1. The highest BCUT2D eigenvalue weighted by molar-refractivity contribution is 7.47. The number of phosphoric ester groups is 1. The average molecular weight is 285 g/mol. The molecule has 0 aliphatic carbocycles. The molecule has 18 heavy (non-hydrogen) atoms. The molecule has 1 unspecified atom stereocenters. The van der Waals surface area contributed by atoms with E-state index in [1.165, 1.54) is 0 Å². The van der Waals surface area contributed by atoms with E-state index in [2.05, 4.69) is 13.8 Å². The molecule has 0 aromatic carbocycles. The minimum Gasteiger partial charge on any atom is -0.464 e. The average Bonchev–Trinajstić information content (AvgIpc) is 2.30. The Kier molecular flexibility index (Phi) is 8.51. The Morgan fingerprint density at radius 3 is 2.61 bits per heavy atom. The molecule has 0 fully saturated rings. The Hall–Kier alpha value is -0.990. The van der Waals surface area contributed by atoms with Gasteiger partial charge in [0, 0.05) is 13.5 Å². The summed E-state index contributed by atoms with van der Waals surface area (Å²) in [7, 11) is -4.25. The van der Waals surface area contributed by atoms with Gasteiger partial charge in [0.25, 0.3) is 6.47 Å². The van der Waals surface area contributed by atoms with Crippen molar-refractivity contribution >= 4 is 20.3 Å².